The molecule has 21 heavy (non-hydrogen) atoms. The van der Waals surface area contributed by atoms with E-state index in [-0.39, 0.29) is 5.69 Å². The minimum Gasteiger partial charge on any atom is -0.322 e. The molecule has 1 aromatic heterocycles. The van der Waals surface area contributed by atoms with Crippen LogP contribution in [-0.4, -0.2) is 15.9 Å². The zero-order valence-electron chi connectivity index (χ0n) is 10.5. The number of nitrogens with one attached hydrogen (secondary N) is 3. The predicted octanol–water partition coefficient (Wildman–Crippen LogP) is 2.39. The molecule has 0 fully saturated rings. The molecule has 0 unspecified atom stereocenters. The third-order valence-corrected chi connectivity index (χ3v) is 2.96. The first-order chi connectivity index (χ1) is 10.0. The first-order valence-electron chi connectivity index (χ1n) is 6.02. The van der Waals surface area contributed by atoms with Gasteiger partial charge in [-0.2, -0.15) is 0 Å². The van der Waals surface area contributed by atoms with Gasteiger partial charge in [-0.05, 0) is 30.3 Å². The highest BCUT2D eigenvalue weighted by atomic mass is 19.1. The molecule has 7 heteroatoms. The van der Waals surface area contributed by atoms with Gasteiger partial charge in [0.1, 0.15) is 17.2 Å². The number of carbonyl (C=O) groups is 1. The van der Waals surface area contributed by atoms with Crippen LogP contribution in [0.1, 0.15) is 10.4 Å². The van der Waals surface area contributed by atoms with Crippen molar-refractivity contribution in [1.82, 2.24) is 9.97 Å². The number of H-pyrrole nitrogens is 2. The lowest BCUT2D eigenvalue weighted by Gasteiger charge is -2.07. The Hall–Kier alpha value is -2.96. The summed E-state index contributed by atoms with van der Waals surface area (Å²) in [6.07, 6.45) is 0. The lowest BCUT2D eigenvalue weighted by atomic mass is 10.1. The van der Waals surface area contributed by atoms with Crippen molar-refractivity contribution in [3.63, 3.8) is 0 Å². The second kappa shape index (κ2) is 4.86. The summed E-state index contributed by atoms with van der Waals surface area (Å²) >= 11 is 0. The van der Waals surface area contributed by atoms with Crippen LogP contribution in [0.4, 0.5) is 14.5 Å². The monoisotopic (exact) mass is 289 g/mol. The van der Waals surface area contributed by atoms with E-state index in [2.05, 4.69) is 15.3 Å². The average Bonchev–Trinajstić information content (AvgIpc) is 2.77. The number of rotatable bonds is 2. The summed E-state index contributed by atoms with van der Waals surface area (Å²) in [5, 5.41) is 2.39. The van der Waals surface area contributed by atoms with Crippen LogP contribution in [0.25, 0.3) is 11.0 Å². The van der Waals surface area contributed by atoms with Gasteiger partial charge in [0.15, 0.2) is 0 Å². The SMILES string of the molecule is O=C(Nc1ccc2[nH]c(=O)[nH]c2c1)c1c(F)cccc1F. The summed E-state index contributed by atoms with van der Waals surface area (Å²) < 4.78 is 27.0. The molecule has 3 N–H and O–H groups in total. The van der Waals surface area contributed by atoms with E-state index in [1.165, 1.54) is 18.2 Å². The van der Waals surface area contributed by atoms with Gasteiger partial charge in [-0.3, -0.25) is 4.79 Å². The van der Waals surface area contributed by atoms with Crippen LogP contribution in [0.2, 0.25) is 0 Å². The first-order valence-corrected chi connectivity index (χ1v) is 6.02. The Labute approximate surface area is 116 Å². The molecular formula is C14H9F2N3O2. The molecule has 3 aromatic rings. The number of benzene rings is 2. The molecular weight excluding hydrogens is 280 g/mol. The topological polar surface area (TPSA) is 77.8 Å². The highest BCUT2D eigenvalue weighted by Gasteiger charge is 2.17. The number of aromatic amines is 2. The molecule has 1 heterocycles. The van der Waals surface area contributed by atoms with Crippen molar-refractivity contribution in [2.45, 2.75) is 0 Å². The molecule has 0 spiro atoms. The molecule has 0 saturated heterocycles. The minimum absolute atomic E-state index is 0.311. The Balaban J connectivity index is 1.94. The smallest absolute Gasteiger partial charge is 0.322 e. The first kappa shape index (κ1) is 13.0. The molecule has 0 radical (unpaired) electrons. The summed E-state index contributed by atoms with van der Waals surface area (Å²) in [5.74, 6) is -2.78. The van der Waals surface area contributed by atoms with E-state index in [1.807, 2.05) is 0 Å². The van der Waals surface area contributed by atoms with Crippen molar-refractivity contribution < 1.29 is 13.6 Å². The zero-order chi connectivity index (χ0) is 15.0. The number of hydrogen-bond donors (Lipinski definition) is 3. The van der Waals surface area contributed by atoms with E-state index < -0.39 is 23.1 Å². The second-order valence-electron chi connectivity index (χ2n) is 4.39. The Morgan fingerprint density at radius 3 is 2.38 bits per heavy atom. The van der Waals surface area contributed by atoms with E-state index in [9.17, 15) is 18.4 Å². The fourth-order valence-electron chi connectivity index (χ4n) is 2.02. The maximum atomic E-state index is 13.5. The highest BCUT2D eigenvalue weighted by molar-refractivity contribution is 6.05. The lowest BCUT2D eigenvalue weighted by molar-refractivity contribution is 0.101. The third kappa shape index (κ3) is 2.40. The van der Waals surface area contributed by atoms with Crippen LogP contribution in [0.15, 0.2) is 41.2 Å². The maximum absolute atomic E-state index is 13.5. The maximum Gasteiger partial charge on any atom is 0.323 e. The number of carbonyl (C=O) groups excluding carboxylic acids is 1. The van der Waals surface area contributed by atoms with Gasteiger partial charge in [0.2, 0.25) is 0 Å². The largest absolute Gasteiger partial charge is 0.323 e. The fraction of sp³-hybridized carbons (Fsp3) is 0. The Morgan fingerprint density at radius 1 is 1.00 bits per heavy atom. The number of imidazole rings is 1. The van der Waals surface area contributed by atoms with E-state index in [4.69, 9.17) is 0 Å². The van der Waals surface area contributed by atoms with Crippen LogP contribution in [0, 0.1) is 11.6 Å². The molecule has 106 valence electrons. The average molecular weight is 289 g/mol. The fourth-order valence-corrected chi connectivity index (χ4v) is 2.02. The number of halogens is 2. The standard InChI is InChI=1S/C14H9F2N3O2/c15-8-2-1-3-9(16)12(8)13(20)17-7-4-5-10-11(6-7)19-14(21)18-10/h1-6H,(H,17,20)(H2,18,19,21). The molecule has 0 atom stereocenters. The van der Waals surface area contributed by atoms with Crippen molar-refractivity contribution in [3.8, 4) is 0 Å². The number of amides is 1. The van der Waals surface area contributed by atoms with Crippen LogP contribution < -0.4 is 11.0 Å². The molecule has 0 aliphatic heterocycles. The van der Waals surface area contributed by atoms with E-state index in [0.717, 1.165) is 12.1 Å². The molecule has 3 rings (SSSR count). The van der Waals surface area contributed by atoms with Gasteiger partial charge in [-0.1, -0.05) is 6.07 Å². The van der Waals surface area contributed by atoms with Gasteiger partial charge in [-0.15, -0.1) is 0 Å². The van der Waals surface area contributed by atoms with Gasteiger partial charge in [0.05, 0.1) is 11.0 Å². The molecule has 0 bridgehead atoms. The summed E-state index contributed by atoms with van der Waals surface area (Å²) in [5.41, 5.74) is 0.320. The molecule has 2 aromatic carbocycles. The summed E-state index contributed by atoms with van der Waals surface area (Å²) in [6, 6.07) is 7.76. The summed E-state index contributed by atoms with van der Waals surface area (Å²) in [6.45, 7) is 0. The van der Waals surface area contributed by atoms with E-state index in [1.54, 1.807) is 6.07 Å². The van der Waals surface area contributed by atoms with Crippen molar-refractivity contribution in [1.29, 1.82) is 0 Å². The minimum atomic E-state index is -0.941. The Morgan fingerprint density at radius 2 is 1.67 bits per heavy atom. The number of hydrogen-bond acceptors (Lipinski definition) is 2. The van der Waals surface area contributed by atoms with Crippen molar-refractivity contribution in [2.75, 3.05) is 5.32 Å². The van der Waals surface area contributed by atoms with Crippen molar-refractivity contribution >= 4 is 22.6 Å². The zero-order valence-corrected chi connectivity index (χ0v) is 10.5. The Kier molecular flexibility index (Phi) is 3.02. The van der Waals surface area contributed by atoms with Crippen molar-refractivity contribution in [2.24, 2.45) is 0 Å². The summed E-state index contributed by atoms with van der Waals surface area (Å²) in [4.78, 5) is 28.1. The van der Waals surface area contributed by atoms with Crippen LogP contribution in [0.3, 0.4) is 0 Å². The van der Waals surface area contributed by atoms with Gasteiger partial charge < -0.3 is 15.3 Å². The van der Waals surface area contributed by atoms with Crippen LogP contribution in [-0.2, 0) is 0 Å². The van der Waals surface area contributed by atoms with Gasteiger partial charge in [0.25, 0.3) is 5.91 Å². The molecule has 0 saturated carbocycles. The highest BCUT2D eigenvalue weighted by Crippen LogP contribution is 2.18. The number of anilines is 1. The molecule has 5 nitrogen and oxygen atoms in total. The van der Waals surface area contributed by atoms with E-state index in [0.29, 0.717) is 16.7 Å². The van der Waals surface area contributed by atoms with Gasteiger partial charge in [0, 0.05) is 5.69 Å². The third-order valence-electron chi connectivity index (χ3n) is 2.96. The van der Waals surface area contributed by atoms with Gasteiger partial charge in [-0.25, -0.2) is 13.6 Å². The summed E-state index contributed by atoms with van der Waals surface area (Å²) in [7, 11) is 0. The Bertz CT molecular complexity index is 878. The van der Waals surface area contributed by atoms with Gasteiger partial charge >= 0.3 is 5.69 Å². The normalized spacial score (nSPS) is 10.8. The lowest BCUT2D eigenvalue weighted by Crippen LogP contribution is -2.15. The van der Waals surface area contributed by atoms with Crippen LogP contribution >= 0.6 is 0 Å². The molecule has 1 amide bonds. The number of aromatic nitrogens is 2. The number of fused-ring (bicyclic) bond motifs is 1. The van der Waals surface area contributed by atoms with E-state index >= 15 is 0 Å². The van der Waals surface area contributed by atoms with Crippen LogP contribution in [0.5, 0.6) is 0 Å². The second-order valence-corrected chi connectivity index (χ2v) is 4.39. The molecule has 0 aliphatic rings. The van der Waals surface area contributed by atoms with Crippen molar-refractivity contribution in [3.05, 3.63) is 64.1 Å². The molecule has 0 aliphatic carbocycles. The predicted molar refractivity (Wildman–Crippen MR) is 73.2 cm³/mol. The quantitative estimate of drug-likeness (QED) is 0.677.